The van der Waals surface area contributed by atoms with Crippen molar-refractivity contribution in [3.63, 3.8) is 0 Å². The monoisotopic (exact) mass is 422 g/mol. The van der Waals surface area contributed by atoms with Crippen LogP contribution in [0.3, 0.4) is 0 Å². The Kier molecular flexibility index (Phi) is 5.36. The van der Waals surface area contributed by atoms with Crippen LogP contribution in [0.5, 0.6) is 0 Å². The highest BCUT2D eigenvalue weighted by atomic mass is 32.2. The molecule has 0 aliphatic carbocycles. The topological polar surface area (TPSA) is 68.3 Å². The van der Waals surface area contributed by atoms with E-state index >= 15 is 0 Å². The third-order valence-electron chi connectivity index (χ3n) is 4.15. The molecule has 0 amide bonds. The van der Waals surface area contributed by atoms with E-state index in [0.717, 1.165) is 18.4 Å². The average Bonchev–Trinajstić information content (AvgIpc) is 2.63. The number of sulfone groups is 2. The van der Waals surface area contributed by atoms with Gasteiger partial charge in [-0.25, -0.2) is 25.6 Å². The maximum atomic E-state index is 13.4. The maximum Gasteiger partial charge on any atom is 0.182 e. The highest BCUT2D eigenvalue weighted by Gasteiger charge is 2.17. The lowest BCUT2D eigenvalue weighted by atomic mass is 10.1. The minimum atomic E-state index is -3.72. The lowest BCUT2D eigenvalue weighted by Gasteiger charge is -2.08. The summed E-state index contributed by atoms with van der Waals surface area (Å²) in [5.74, 6) is -2.31. The molecule has 3 rings (SSSR count). The summed E-state index contributed by atoms with van der Waals surface area (Å²) in [6.45, 7) is 0. The zero-order chi connectivity index (χ0) is 20.5. The van der Waals surface area contributed by atoms with Crippen LogP contribution in [0.1, 0.15) is 5.56 Å². The standard InChI is InChI=1S/C20H16F2O4S2/c1-27(23,24)18-4-2-3-14(11-18)13-28(25,26)17-8-5-15(6-9-17)16-7-10-19(21)20(22)12-16/h2-12H,13H2,1H3. The molecule has 3 aromatic carbocycles. The molecule has 0 bridgehead atoms. The van der Waals surface area contributed by atoms with Crippen molar-refractivity contribution in [1.82, 2.24) is 0 Å². The Morgan fingerprint density at radius 1 is 0.714 bits per heavy atom. The summed E-state index contributed by atoms with van der Waals surface area (Å²) in [6, 6.07) is 15.0. The smallest absolute Gasteiger partial charge is 0.182 e. The molecule has 0 aromatic heterocycles. The Hall–Kier alpha value is -2.58. The fraction of sp³-hybridized carbons (Fsp3) is 0.100. The van der Waals surface area contributed by atoms with E-state index < -0.39 is 31.3 Å². The number of halogens is 2. The van der Waals surface area contributed by atoms with Crippen molar-refractivity contribution < 1.29 is 25.6 Å². The van der Waals surface area contributed by atoms with Gasteiger partial charge in [0, 0.05) is 6.26 Å². The van der Waals surface area contributed by atoms with E-state index in [1.807, 2.05) is 0 Å². The van der Waals surface area contributed by atoms with Crippen molar-refractivity contribution >= 4 is 19.7 Å². The van der Waals surface area contributed by atoms with Crippen LogP contribution in [0.4, 0.5) is 8.78 Å². The SMILES string of the molecule is CS(=O)(=O)c1cccc(CS(=O)(=O)c2ccc(-c3ccc(F)c(F)c3)cc2)c1. The summed E-state index contributed by atoms with van der Waals surface area (Å²) in [5.41, 5.74) is 1.31. The molecular formula is C20H16F2O4S2. The van der Waals surface area contributed by atoms with Gasteiger partial charge in [0.05, 0.1) is 15.5 Å². The molecule has 146 valence electrons. The van der Waals surface area contributed by atoms with Crippen LogP contribution >= 0.6 is 0 Å². The van der Waals surface area contributed by atoms with E-state index in [-0.39, 0.29) is 15.5 Å². The molecule has 8 heteroatoms. The molecular weight excluding hydrogens is 406 g/mol. The van der Waals surface area contributed by atoms with Crippen molar-refractivity contribution in [2.24, 2.45) is 0 Å². The summed E-state index contributed by atoms with van der Waals surface area (Å²) in [4.78, 5) is 0.0949. The van der Waals surface area contributed by atoms with E-state index in [4.69, 9.17) is 0 Å². The van der Waals surface area contributed by atoms with Gasteiger partial charge in [-0.15, -0.1) is 0 Å². The Bertz CT molecular complexity index is 1230. The molecule has 0 fully saturated rings. The van der Waals surface area contributed by atoms with Crippen LogP contribution in [0, 0.1) is 11.6 Å². The first-order valence-electron chi connectivity index (χ1n) is 8.13. The van der Waals surface area contributed by atoms with Crippen LogP contribution in [0.2, 0.25) is 0 Å². The van der Waals surface area contributed by atoms with E-state index in [2.05, 4.69) is 0 Å². The molecule has 0 unspecified atom stereocenters. The molecule has 0 aliphatic rings. The first kappa shape index (κ1) is 20.2. The molecule has 0 radical (unpaired) electrons. The van der Waals surface area contributed by atoms with Crippen LogP contribution in [0.15, 0.2) is 76.5 Å². The largest absolute Gasteiger partial charge is 0.224 e. The Morgan fingerprint density at radius 3 is 1.96 bits per heavy atom. The summed E-state index contributed by atoms with van der Waals surface area (Å²) in [7, 11) is -7.16. The van der Waals surface area contributed by atoms with Crippen molar-refractivity contribution in [2.75, 3.05) is 6.26 Å². The summed E-state index contributed by atoms with van der Waals surface area (Å²) >= 11 is 0. The molecule has 0 saturated heterocycles. The lowest BCUT2D eigenvalue weighted by Crippen LogP contribution is -2.06. The number of rotatable bonds is 5. The van der Waals surface area contributed by atoms with Gasteiger partial charge in [-0.05, 0) is 53.1 Å². The van der Waals surface area contributed by atoms with Gasteiger partial charge in [-0.2, -0.15) is 0 Å². The molecule has 0 N–H and O–H groups in total. The van der Waals surface area contributed by atoms with Gasteiger partial charge in [0.2, 0.25) is 0 Å². The van der Waals surface area contributed by atoms with Crippen molar-refractivity contribution in [3.8, 4) is 11.1 Å². The Balaban J connectivity index is 1.87. The molecule has 0 spiro atoms. The van der Waals surface area contributed by atoms with Gasteiger partial charge in [-0.3, -0.25) is 0 Å². The van der Waals surface area contributed by atoms with E-state index in [1.165, 1.54) is 48.5 Å². The summed E-state index contributed by atoms with van der Waals surface area (Å²) in [5, 5.41) is 0. The minimum Gasteiger partial charge on any atom is -0.224 e. The fourth-order valence-electron chi connectivity index (χ4n) is 2.70. The van der Waals surface area contributed by atoms with Gasteiger partial charge < -0.3 is 0 Å². The first-order valence-corrected chi connectivity index (χ1v) is 11.7. The predicted molar refractivity (Wildman–Crippen MR) is 102 cm³/mol. The van der Waals surface area contributed by atoms with E-state index in [0.29, 0.717) is 16.7 Å². The quantitative estimate of drug-likeness (QED) is 0.623. The van der Waals surface area contributed by atoms with Gasteiger partial charge in [0.1, 0.15) is 0 Å². The molecule has 4 nitrogen and oxygen atoms in total. The third kappa shape index (κ3) is 4.45. The minimum absolute atomic E-state index is 0.0450. The molecule has 3 aromatic rings. The van der Waals surface area contributed by atoms with Gasteiger partial charge in [0.25, 0.3) is 0 Å². The summed E-state index contributed by atoms with van der Waals surface area (Å²) < 4.78 is 75.0. The fourth-order valence-corrected chi connectivity index (χ4v) is 4.73. The number of benzene rings is 3. The van der Waals surface area contributed by atoms with Crippen LogP contribution in [-0.2, 0) is 25.4 Å². The second kappa shape index (κ2) is 7.44. The second-order valence-electron chi connectivity index (χ2n) is 6.33. The van der Waals surface area contributed by atoms with E-state index in [9.17, 15) is 25.6 Å². The Labute approximate surface area is 162 Å². The average molecular weight is 422 g/mol. The van der Waals surface area contributed by atoms with Crippen LogP contribution in [0.25, 0.3) is 11.1 Å². The van der Waals surface area contributed by atoms with Gasteiger partial charge >= 0.3 is 0 Å². The van der Waals surface area contributed by atoms with Crippen molar-refractivity contribution in [2.45, 2.75) is 15.5 Å². The Morgan fingerprint density at radius 2 is 1.36 bits per heavy atom. The zero-order valence-electron chi connectivity index (χ0n) is 14.8. The summed E-state index contributed by atoms with van der Waals surface area (Å²) in [6.07, 6.45) is 1.05. The number of hydrogen-bond acceptors (Lipinski definition) is 4. The van der Waals surface area contributed by atoms with Crippen molar-refractivity contribution in [3.05, 3.63) is 83.9 Å². The first-order chi connectivity index (χ1) is 13.1. The molecule has 28 heavy (non-hydrogen) atoms. The third-order valence-corrected chi connectivity index (χ3v) is 6.96. The predicted octanol–water partition coefficient (Wildman–Crippen LogP) is 4.01. The zero-order valence-corrected chi connectivity index (χ0v) is 16.4. The van der Waals surface area contributed by atoms with E-state index in [1.54, 1.807) is 6.07 Å². The molecule has 0 atom stereocenters. The second-order valence-corrected chi connectivity index (χ2v) is 10.3. The van der Waals surface area contributed by atoms with Gasteiger partial charge in [0.15, 0.2) is 31.3 Å². The highest BCUT2D eigenvalue weighted by molar-refractivity contribution is 7.91. The van der Waals surface area contributed by atoms with Gasteiger partial charge in [-0.1, -0.05) is 30.3 Å². The van der Waals surface area contributed by atoms with Crippen LogP contribution in [-0.4, -0.2) is 23.1 Å². The maximum absolute atomic E-state index is 13.4. The number of hydrogen-bond donors (Lipinski definition) is 0. The normalized spacial score (nSPS) is 12.1. The van der Waals surface area contributed by atoms with Crippen LogP contribution < -0.4 is 0 Å². The highest BCUT2D eigenvalue weighted by Crippen LogP contribution is 2.25. The lowest BCUT2D eigenvalue weighted by molar-refractivity contribution is 0.509. The molecule has 0 aliphatic heterocycles. The molecule has 0 heterocycles. The molecule has 0 saturated carbocycles. The van der Waals surface area contributed by atoms with Crippen molar-refractivity contribution in [1.29, 1.82) is 0 Å².